The Balaban J connectivity index is 1.71. The van der Waals surface area contributed by atoms with Crippen molar-refractivity contribution in [3.63, 3.8) is 0 Å². The van der Waals surface area contributed by atoms with Crippen molar-refractivity contribution in [2.24, 2.45) is 29.1 Å². The molecule has 3 N–H and O–H groups in total. The van der Waals surface area contributed by atoms with E-state index in [1.165, 1.54) is 13.3 Å². The van der Waals surface area contributed by atoms with Gasteiger partial charge in [-0.3, -0.25) is 19.2 Å². The Kier molecular flexibility index (Phi) is 11.8. The molecule has 11 heteroatoms. The molecule has 0 spiro atoms. The van der Waals surface area contributed by atoms with Gasteiger partial charge < -0.3 is 30.1 Å². The van der Waals surface area contributed by atoms with E-state index in [0.717, 1.165) is 6.42 Å². The van der Waals surface area contributed by atoms with Gasteiger partial charge in [0.05, 0.1) is 26.2 Å². The Labute approximate surface area is 285 Å². The summed E-state index contributed by atoms with van der Waals surface area (Å²) in [6, 6.07) is 4.80. The maximum atomic E-state index is 14.3. The first-order valence-corrected chi connectivity index (χ1v) is 16.8. The number of carbonyl (C=O) groups excluding carboxylic acids is 3. The number of aliphatic hydroxyl groups is 1. The third kappa shape index (κ3) is 7.63. The van der Waals surface area contributed by atoms with Crippen molar-refractivity contribution < 1.29 is 33.8 Å². The minimum Gasteiger partial charge on any atom is -0.496 e. The summed E-state index contributed by atoms with van der Waals surface area (Å²) in [6.45, 7) is 13.6. The summed E-state index contributed by atoms with van der Waals surface area (Å²) >= 11 is 0. The fraction of sp³-hybridized carbons (Fsp3) is 0.595. The molecule has 0 radical (unpaired) electrons. The van der Waals surface area contributed by atoms with Gasteiger partial charge in [0.1, 0.15) is 24.0 Å². The standard InChI is InChI=1S/C37H54N4O7/c1-21(35(44)38-7)16-25(14-15-40(8)9)28-13-11-12-26(34(28)46-10)19-41-33(32(31(20-42)48-41)23(3)47-24(4)43)36(45)39-30-18-27-17-29(22(30)2)37(27,5)6/h11-16,22-23,27,29-33,42H,1,17-20H2,2-10H3,(H,38,44)(H,39,45)/b15-14+,25-16+/t22-,23-,27+,29-,30-,31-,32+,33-/m0/s1. The molecule has 1 aliphatic heterocycles. The van der Waals surface area contributed by atoms with Crippen LogP contribution in [0.4, 0.5) is 0 Å². The highest BCUT2D eigenvalue weighted by atomic mass is 16.7. The fourth-order valence-corrected chi connectivity index (χ4v) is 8.01. The monoisotopic (exact) mass is 666 g/mol. The number of allylic oxidation sites excluding steroid dienone is 2. The van der Waals surface area contributed by atoms with Crippen LogP contribution in [-0.4, -0.2) is 92.0 Å². The molecule has 0 aromatic heterocycles. The van der Waals surface area contributed by atoms with E-state index < -0.39 is 30.1 Å². The summed E-state index contributed by atoms with van der Waals surface area (Å²) < 4.78 is 11.6. The Morgan fingerprint density at radius 1 is 1.25 bits per heavy atom. The number of carbonyl (C=O) groups is 3. The van der Waals surface area contributed by atoms with Crippen LogP contribution in [0.3, 0.4) is 0 Å². The molecule has 2 bridgehead atoms. The third-order valence-corrected chi connectivity index (χ3v) is 10.7. The van der Waals surface area contributed by atoms with Gasteiger partial charge in [0, 0.05) is 50.8 Å². The van der Waals surface area contributed by atoms with E-state index in [2.05, 4.69) is 38.0 Å². The summed E-state index contributed by atoms with van der Waals surface area (Å²) in [7, 11) is 6.91. The molecule has 3 aliphatic carbocycles. The average Bonchev–Trinajstić information content (AvgIpc) is 3.41. The predicted molar refractivity (Wildman–Crippen MR) is 184 cm³/mol. The number of fused-ring (bicyclic) bond motifs is 2. The summed E-state index contributed by atoms with van der Waals surface area (Å²) in [6.07, 6.45) is 6.03. The first kappa shape index (κ1) is 37.2. The van der Waals surface area contributed by atoms with Crippen LogP contribution in [0.2, 0.25) is 0 Å². The van der Waals surface area contributed by atoms with E-state index in [9.17, 15) is 19.5 Å². The van der Waals surface area contributed by atoms with Gasteiger partial charge in [-0.25, -0.2) is 0 Å². The van der Waals surface area contributed by atoms with Gasteiger partial charge in [-0.15, -0.1) is 0 Å². The lowest BCUT2D eigenvalue weighted by Gasteiger charge is -2.62. The van der Waals surface area contributed by atoms with Gasteiger partial charge in [0.2, 0.25) is 11.8 Å². The number of aliphatic hydroxyl groups excluding tert-OH is 1. The molecule has 3 saturated carbocycles. The average molecular weight is 667 g/mol. The molecule has 4 aliphatic rings. The normalized spacial score (nSPS) is 28.7. The number of para-hydroxylation sites is 1. The number of nitrogens with one attached hydrogen (secondary N) is 2. The van der Waals surface area contributed by atoms with Crippen molar-refractivity contribution in [3.8, 4) is 5.75 Å². The van der Waals surface area contributed by atoms with Gasteiger partial charge in [0.25, 0.3) is 0 Å². The van der Waals surface area contributed by atoms with Crippen LogP contribution in [0.15, 0.2) is 48.7 Å². The maximum absolute atomic E-state index is 14.3. The van der Waals surface area contributed by atoms with Crippen LogP contribution < -0.4 is 15.4 Å². The lowest BCUT2D eigenvalue weighted by Crippen LogP contribution is -2.62. The number of likely N-dealkylation sites (N-methyl/N-ethyl adjacent to an activating group) is 1. The molecule has 11 nitrogen and oxygen atoms in total. The molecule has 5 rings (SSSR count). The van der Waals surface area contributed by atoms with E-state index >= 15 is 0 Å². The molecule has 8 atom stereocenters. The molecule has 264 valence electrons. The maximum Gasteiger partial charge on any atom is 0.302 e. The minimum atomic E-state index is -0.861. The molecular formula is C37H54N4O7. The van der Waals surface area contributed by atoms with Crippen LogP contribution in [0.25, 0.3) is 5.57 Å². The van der Waals surface area contributed by atoms with E-state index in [1.807, 2.05) is 49.5 Å². The summed E-state index contributed by atoms with van der Waals surface area (Å²) in [5.74, 6) is 0.285. The molecular weight excluding hydrogens is 612 g/mol. The summed E-state index contributed by atoms with van der Waals surface area (Å²) in [5.41, 5.74) is 2.65. The van der Waals surface area contributed by atoms with Crippen molar-refractivity contribution in [1.82, 2.24) is 20.6 Å². The summed E-state index contributed by atoms with van der Waals surface area (Å²) in [5, 5.41) is 18.0. The van der Waals surface area contributed by atoms with Gasteiger partial charge >= 0.3 is 5.97 Å². The largest absolute Gasteiger partial charge is 0.496 e. The highest BCUT2D eigenvalue weighted by Crippen LogP contribution is 2.61. The van der Waals surface area contributed by atoms with E-state index in [4.69, 9.17) is 14.3 Å². The Morgan fingerprint density at radius 3 is 2.52 bits per heavy atom. The van der Waals surface area contributed by atoms with E-state index in [-0.39, 0.29) is 42.0 Å². The molecule has 4 fully saturated rings. The van der Waals surface area contributed by atoms with Crippen molar-refractivity contribution in [2.75, 3.05) is 34.9 Å². The van der Waals surface area contributed by atoms with Crippen molar-refractivity contribution in [1.29, 1.82) is 0 Å². The molecule has 2 amide bonds. The smallest absolute Gasteiger partial charge is 0.302 e. The lowest BCUT2D eigenvalue weighted by atomic mass is 9.45. The van der Waals surface area contributed by atoms with Crippen molar-refractivity contribution >= 4 is 23.4 Å². The number of esters is 1. The zero-order valence-electron chi connectivity index (χ0n) is 29.9. The lowest BCUT2D eigenvalue weighted by molar-refractivity contribution is -0.183. The number of ether oxygens (including phenoxy) is 2. The second kappa shape index (κ2) is 15.3. The minimum absolute atomic E-state index is 0.0106. The van der Waals surface area contributed by atoms with Crippen LogP contribution in [-0.2, 0) is 30.5 Å². The Morgan fingerprint density at radius 2 is 1.96 bits per heavy atom. The Bertz CT molecular complexity index is 1440. The topological polar surface area (TPSA) is 130 Å². The molecule has 48 heavy (non-hydrogen) atoms. The first-order chi connectivity index (χ1) is 22.6. The van der Waals surface area contributed by atoms with E-state index in [1.54, 1.807) is 32.2 Å². The van der Waals surface area contributed by atoms with Crippen LogP contribution >= 0.6 is 0 Å². The Hall–Kier alpha value is -3.67. The number of hydroxylamine groups is 2. The van der Waals surface area contributed by atoms with Crippen molar-refractivity contribution in [2.45, 2.75) is 78.3 Å². The fourth-order valence-electron chi connectivity index (χ4n) is 8.01. The van der Waals surface area contributed by atoms with Crippen molar-refractivity contribution in [3.05, 3.63) is 59.8 Å². The van der Waals surface area contributed by atoms with Gasteiger partial charge in [-0.05, 0) is 66.9 Å². The van der Waals surface area contributed by atoms with Gasteiger partial charge in [-0.1, -0.05) is 45.5 Å². The SMILES string of the molecule is C=C(/C=C(\C=C\N(C)C)c1cccc(CN2O[C@@H](CO)[C@@H]([C@H](C)OC(C)=O)[C@H]2C(=O)N[C@H]2C[C@H]3C[C@@H]([C@@H]2C)C3(C)C)c1OC)C(=O)NC. The summed E-state index contributed by atoms with van der Waals surface area (Å²) in [4.78, 5) is 46.9. The van der Waals surface area contributed by atoms with Gasteiger partial charge in [-0.2, -0.15) is 5.06 Å². The van der Waals surface area contributed by atoms with Crippen LogP contribution in [0, 0.1) is 29.1 Å². The molecule has 0 unspecified atom stereocenters. The van der Waals surface area contributed by atoms with Crippen LogP contribution in [0.1, 0.15) is 58.6 Å². The number of hydrogen-bond donors (Lipinski definition) is 3. The number of benzene rings is 1. The molecule has 1 saturated heterocycles. The number of methoxy groups -OCH3 is 1. The van der Waals surface area contributed by atoms with Crippen LogP contribution in [0.5, 0.6) is 5.75 Å². The number of nitrogens with zero attached hydrogens (tertiary/aromatic N) is 2. The zero-order chi connectivity index (χ0) is 35.5. The zero-order valence-corrected chi connectivity index (χ0v) is 29.9. The second-order valence-electron chi connectivity index (χ2n) is 14.3. The predicted octanol–water partition coefficient (Wildman–Crippen LogP) is 3.69. The number of rotatable bonds is 13. The molecule has 1 aromatic carbocycles. The highest BCUT2D eigenvalue weighted by Gasteiger charge is 2.57. The number of hydrogen-bond acceptors (Lipinski definition) is 9. The quantitative estimate of drug-likeness (QED) is 0.164. The second-order valence-corrected chi connectivity index (χ2v) is 14.3. The number of amides is 2. The third-order valence-electron chi connectivity index (χ3n) is 10.7. The molecule has 1 aromatic rings. The van der Waals surface area contributed by atoms with Gasteiger partial charge in [0.15, 0.2) is 0 Å². The highest BCUT2D eigenvalue weighted by molar-refractivity contribution is 5.98. The van der Waals surface area contributed by atoms with E-state index in [0.29, 0.717) is 40.2 Å². The first-order valence-electron chi connectivity index (χ1n) is 16.8. The molecule has 1 heterocycles.